The first-order chi connectivity index (χ1) is 10.3. The molecule has 1 aromatic heterocycles. The number of rotatable bonds is 7. The van der Waals surface area contributed by atoms with E-state index in [4.69, 9.17) is 20.4 Å². The molecule has 0 aliphatic heterocycles. The number of hydrogen-bond acceptors (Lipinski definition) is 5. The van der Waals surface area contributed by atoms with Crippen molar-refractivity contribution in [2.45, 2.75) is 13.3 Å². The molecule has 0 amide bonds. The molecule has 21 heavy (non-hydrogen) atoms. The number of nitrogens with two attached hydrogens (primary N) is 1. The van der Waals surface area contributed by atoms with Gasteiger partial charge < -0.3 is 20.4 Å². The van der Waals surface area contributed by atoms with Crippen molar-refractivity contribution >= 4 is 16.7 Å². The van der Waals surface area contributed by atoms with Crippen molar-refractivity contribution in [3.8, 4) is 5.88 Å². The first-order valence-corrected chi connectivity index (χ1v) is 6.84. The van der Waals surface area contributed by atoms with Crippen LogP contribution in [-0.2, 0) is 4.74 Å². The minimum atomic E-state index is -0.0299. The maximum absolute atomic E-state index is 8.88. The Kier molecular flexibility index (Phi) is 5.34. The molecule has 0 aliphatic carbocycles. The van der Waals surface area contributed by atoms with E-state index in [0.29, 0.717) is 31.3 Å². The fraction of sp³-hybridized carbons (Fsp3) is 0.333. The fourth-order valence-corrected chi connectivity index (χ4v) is 1.89. The zero-order valence-corrected chi connectivity index (χ0v) is 12.0. The summed E-state index contributed by atoms with van der Waals surface area (Å²) < 4.78 is 11.0. The summed E-state index contributed by atoms with van der Waals surface area (Å²) in [6.45, 7) is 3.57. The lowest BCUT2D eigenvalue weighted by atomic mass is 10.1. The maximum Gasteiger partial charge on any atom is 0.225 e. The van der Waals surface area contributed by atoms with Crippen LogP contribution in [0.5, 0.6) is 5.88 Å². The summed E-state index contributed by atoms with van der Waals surface area (Å²) in [5, 5.41) is 12.8. The largest absolute Gasteiger partial charge is 0.475 e. The van der Waals surface area contributed by atoms with Gasteiger partial charge in [0.25, 0.3) is 0 Å². The van der Waals surface area contributed by atoms with Crippen LogP contribution in [0.1, 0.15) is 18.9 Å². The van der Waals surface area contributed by atoms with E-state index in [1.807, 2.05) is 31.2 Å². The number of benzene rings is 1. The van der Waals surface area contributed by atoms with Crippen molar-refractivity contribution in [1.82, 2.24) is 4.98 Å². The highest BCUT2D eigenvalue weighted by Crippen LogP contribution is 2.22. The van der Waals surface area contributed by atoms with E-state index in [2.05, 4.69) is 10.1 Å². The maximum atomic E-state index is 8.88. The number of nitrogens with zero attached hydrogens (tertiary/aromatic N) is 2. The van der Waals surface area contributed by atoms with Crippen LogP contribution in [-0.4, -0.2) is 35.8 Å². The standard InChI is InChI=1S/C15H19N3O3/c1-2-7-20-8-9-21-15-12(14(16)18-19)10-11-5-3-4-6-13(11)17-15/h3-6,10,19H,2,7-9H2,1H3,(H2,16,18). The second kappa shape index (κ2) is 7.44. The quantitative estimate of drug-likeness (QED) is 0.268. The van der Waals surface area contributed by atoms with Crippen LogP contribution in [0.25, 0.3) is 10.9 Å². The molecule has 0 fully saturated rings. The SMILES string of the molecule is CCCOCCOc1nc2ccccc2cc1C(N)=NO. The predicted octanol–water partition coefficient (Wildman–Crippen LogP) is 2.13. The van der Waals surface area contributed by atoms with Crippen molar-refractivity contribution in [3.05, 3.63) is 35.9 Å². The number of aromatic nitrogens is 1. The van der Waals surface area contributed by atoms with Gasteiger partial charge in [-0.25, -0.2) is 4.98 Å². The summed E-state index contributed by atoms with van der Waals surface area (Å²) in [6.07, 6.45) is 0.962. The van der Waals surface area contributed by atoms with Gasteiger partial charge in [0.15, 0.2) is 5.84 Å². The number of amidine groups is 1. The molecular formula is C15H19N3O3. The minimum absolute atomic E-state index is 0.0299. The Morgan fingerprint density at radius 3 is 2.86 bits per heavy atom. The average Bonchev–Trinajstić information content (AvgIpc) is 2.53. The highest BCUT2D eigenvalue weighted by atomic mass is 16.5. The molecule has 0 aliphatic rings. The Morgan fingerprint density at radius 2 is 2.10 bits per heavy atom. The molecule has 2 rings (SSSR count). The van der Waals surface area contributed by atoms with Gasteiger partial charge in [0.1, 0.15) is 6.61 Å². The monoisotopic (exact) mass is 289 g/mol. The van der Waals surface area contributed by atoms with Gasteiger partial charge in [0.05, 0.1) is 17.7 Å². The Morgan fingerprint density at radius 1 is 1.29 bits per heavy atom. The molecule has 0 bridgehead atoms. The zero-order chi connectivity index (χ0) is 15.1. The van der Waals surface area contributed by atoms with Gasteiger partial charge in [0, 0.05) is 12.0 Å². The third-order valence-electron chi connectivity index (χ3n) is 2.89. The molecule has 0 radical (unpaired) electrons. The lowest BCUT2D eigenvalue weighted by Gasteiger charge is -2.11. The van der Waals surface area contributed by atoms with E-state index >= 15 is 0 Å². The van der Waals surface area contributed by atoms with Crippen molar-refractivity contribution in [2.75, 3.05) is 19.8 Å². The van der Waals surface area contributed by atoms with Gasteiger partial charge in [-0.3, -0.25) is 0 Å². The number of oxime groups is 1. The van der Waals surface area contributed by atoms with Crippen molar-refractivity contribution in [2.24, 2.45) is 10.9 Å². The smallest absolute Gasteiger partial charge is 0.225 e. The van der Waals surface area contributed by atoms with Crippen molar-refractivity contribution in [1.29, 1.82) is 0 Å². The lowest BCUT2D eigenvalue weighted by molar-refractivity contribution is 0.0990. The van der Waals surface area contributed by atoms with Gasteiger partial charge in [0.2, 0.25) is 5.88 Å². The molecule has 0 unspecified atom stereocenters. The first kappa shape index (κ1) is 15.1. The lowest BCUT2D eigenvalue weighted by Crippen LogP contribution is -2.17. The topological polar surface area (TPSA) is 90.0 Å². The summed E-state index contributed by atoms with van der Waals surface area (Å²) in [6, 6.07) is 9.38. The Hall–Kier alpha value is -2.34. The summed E-state index contributed by atoms with van der Waals surface area (Å²) in [5.41, 5.74) is 6.94. The number of pyridine rings is 1. The second-order valence-corrected chi connectivity index (χ2v) is 4.48. The molecule has 1 heterocycles. The van der Waals surface area contributed by atoms with E-state index in [0.717, 1.165) is 17.3 Å². The number of fused-ring (bicyclic) bond motifs is 1. The molecule has 112 valence electrons. The number of hydrogen-bond donors (Lipinski definition) is 2. The molecular weight excluding hydrogens is 270 g/mol. The van der Waals surface area contributed by atoms with Crippen LogP contribution < -0.4 is 10.5 Å². The van der Waals surface area contributed by atoms with Crippen molar-refractivity contribution in [3.63, 3.8) is 0 Å². The summed E-state index contributed by atoms with van der Waals surface area (Å²) in [7, 11) is 0. The highest BCUT2D eigenvalue weighted by Gasteiger charge is 2.12. The van der Waals surface area contributed by atoms with E-state index in [1.165, 1.54) is 0 Å². The molecule has 1 aromatic carbocycles. The molecule has 2 aromatic rings. The van der Waals surface area contributed by atoms with Crippen LogP contribution in [0.4, 0.5) is 0 Å². The molecule has 3 N–H and O–H groups in total. The summed E-state index contributed by atoms with van der Waals surface area (Å²) in [4.78, 5) is 4.41. The molecule has 0 saturated heterocycles. The van der Waals surface area contributed by atoms with Crippen LogP contribution in [0.15, 0.2) is 35.5 Å². The predicted molar refractivity (Wildman–Crippen MR) is 80.9 cm³/mol. The van der Waals surface area contributed by atoms with Gasteiger partial charge in [-0.05, 0) is 18.6 Å². The van der Waals surface area contributed by atoms with E-state index < -0.39 is 0 Å². The van der Waals surface area contributed by atoms with Gasteiger partial charge in [-0.1, -0.05) is 30.3 Å². The third-order valence-corrected chi connectivity index (χ3v) is 2.89. The van der Waals surface area contributed by atoms with E-state index in [1.54, 1.807) is 6.07 Å². The molecule has 0 atom stereocenters. The normalized spacial score (nSPS) is 11.8. The van der Waals surface area contributed by atoms with Crippen LogP contribution in [0.3, 0.4) is 0 Å². The van der Waals surface area contributed by atoms with Crippen LogP contribution in [0.2, 0.25) is 0 Å². The van der Waals surface area contributed by atoms with Crippen molar-refractivity contribution < 1.29 is 14.7 Å². The molecule has 0 saturated carbocycles. The van der Waals surface area contributed by atoms with Crippen LogP contribution >= 0.6 is 0 Å². The summed E-state index contributed by atoms with van der Waals surface area (Å²) in [5.74, 6) is 0.307. The summed E-state index contributed by atoms with van der Waals surface area (Å²) >= 11 is 0. The molecule has 6 heteroatoms. The highest BCUT2D eigenvalue weighted by molar-refractivity contribution is 6.02. The van der Waals surface area contributed by atoms with Gasteiger partial charge in [-0.2, -0.15) is 0 Å². The number of para-hydroxylation sites is 1. The number of ether oxygens (including phenoxy) is 2. The van der Waals surface area contributed by atoms with Gasteiger partial charge in [-0.15, -0.1) is 0 Å². The van der Waals surface area contributed by atoms with E-state index in [9.17, 15) is 0 Å². The fourth-order valence-electron chi connectivity index (χ4n) is 1.89. The third kappa shape index (κ3) is 3.82. The Labute approximate surface area is 123 Å². The zero-order valence-electron chi connectivity index (χ0n) is 12.0. The van der Waals surface area contributed by atoms with Crippen LogP contribution in [0, 0.1) is 0 Å². The Balaban J connectivity index is 2.22. The van der Waals surface area contributed by atoms with E-state index in [-0.39, 0.29) is 5.84 Å². The minimum Gasteiger partial charge on any atom is -0.475 e. The average molecular weight is 289 g/mol. The molecule has 0 spiro atoms. The van der Waals surface area contributed by atoms with Gasteiger partial charge >= 0.3 is 0 Å². The molecule has 6 nitrogen and oxygen atoms in total. The first-order valence-electron chi connectivity index (χ1n) is 6.84. The Bertz CT molecular complexity index is 629. The second-order valence-electron chi connectivity index (χ2n) is 4.48.